The highest BCUT2D eigenvalue weighted by molar-refractivity contribution is 7.15. The number of aromatic nitrogens is 3. The zero-order valence-electron chi connectivity index (χ0n) is 9.71. The van der Waals surface area contributed by atoms with Crippen LogP contribution >= 0.6 is 11.3 Å². The molecule has 0 aliphatic carbocycles. The molecular weight excluding hydrogens is 220 g/mol. The summed E-state index contributed by atoms with van der Waals surface area (Å²) in [7, 11) is 0. The highest BCUT2D eigenvalue weighted by atomic mass is 32.1. The number of nitrogens with two attached hydrogens (primary N) is 1. The summed E-state index contributed by atoms with van der Waals surface area (Å²) in [6.45, 7) is 6.23. The molecule has 2 heterocycles. The molecule has 16 heavy (non-hydrogen) atoms. The number of imidazole rings is 1. The van der Waals surface area contributed by atoms with Crippen LogP contribution in [0.4, 0.5) is 0 Å². The van der Waals surface area contributed by atoms with Gasteiger partial charge < -0.3 is 10.3 Å². The Morgan fingerprint density at radius 2 is 2.06 bits per heavy atom. The molecular formula is C11H16N4S. The molecule has 0 aliphatic rings. The lowest BCUT2D eigenvalue weighted by Crippen LogP contribution is -2.01. The maximum Gasteiger partial charge on any atom is 0.141 e. The number of nitrogens with zero attached hydrogens (tertiary/aromatic N) is 3. The topological polar surface area (TPSA) is 56.7 Å². The molecule has 2 N–H and O–H groups in total. The van der Waals surface area contributed by atoms with E-state index in [9.17, 15) is 0 Å². The van der Waals surface area contributed by atoms with Crippen LogP contribution in [-0.2, 0) is 0 Å². The molecule has 4 nitrogen and oxygen atoms in total. The van der Waals surface area contributed by atoms with Crippen LogP contribution < -0.4 is 5.73 Å². The van der Waals surface area contributed by atoms with Crippen molar-refractivity contribution in [2.75, 3.05) is 0 Å². The first-order chi connectivity index (χ1) is 7.59. The minimum Gasteiger partial charge on any atom is -0.326 e. The largest absolute Gasteiger partial charge is 0.326 e. The van der Waals surface area contributed by atoms with Crippen molar-refractivity contribution < 1.29 is 0 Å². The molecule has 0 radical (unpaired) electrons. The lowest BCUT2D eigenvalue weighted by Gasteiger charge is -2.09. The van der Waals surface area contributed by atoms with Gasteiger partial charge in [0.25, 0.3) is 0 Å². The fraction of sp³-hybridized carbons (Fsp3) is 0.455. The molecule has 0 bridgehead atoms. The van der Waals surface area contributed by atoms with Crippen molar-refractivity contribution in [3.8, 4) is 10.7 Å². The van der Waals surface area contributed by atoms with E-state index >= 15 is 0 Å². The fourth-order valence-corrected chi connectivity index (χ4v) is 2.38. The van der Waals surface area contributed by atoms with Gasteiger partial charge in [0, 0.05) is 23.2 Å². The van der Waals surface area contributed by atoms with E-state index in [2.05, 4.69) is 28.4 Å². The third-order valence-corrected chi connectivity index (χ3v) is 3.63. The molecule has 0 fully saturated rings. The van der Waals surface area contributed by atoms with Gasteiger partial charge in [0.15, 0.2) is 0 Å². The highest BCUT2D eigenvalue weighted by Gasteiger charge is 2.12. The van der Waals surface area contributed by atoms with Gasteiger partial charge in [0.05, 0.1) is 18.2 Å². The van der Waals surface area contributed by atoms with E-state index in [1.54, 1.807) is 11.3 Å². The van der Waals surface area contributed by atoms with Crippen LogP contribution in [0.1, 0.15) is 37.7 Å². The van der Waals surface area contributed by atoms with E-state index in [1.165, 1.54) is 0 Å². The summed E-state index contributed by atoms with van der Waals surface area (Å²) in [5.74, 6) is 0. The van der Waals surface area contributed by atoms with Crippen molar-refractivity contribution in [2.45, 2.75) is 32.9 Å². The van der Waals surface area contributed by atoms with E-state index in [0.717, 1.165) is 15.6 Å². The van der Waals surface area contributed by atoms with Crippen molar-refractivity contribution in [1.82, 2.24) is 14.5 Å². The molecule has 0 saturated heterocycles. The van der Waals surface area contributed by atoms with Gasteiger partial charge in [0.2, 0.25) is 0 Å². The molecule has 0 saturated carbocycles. The van der Waals surface area contributed by atoms with Crippen molar-refractivity contribution in [2.24, 2.45) is 5.73 Å². The van der Waals surface area contributed by atoms with Gasteiger partial charge in [-0.2, -0.15) is 0 Å². The normalized spacial score (nSPS) is 13.3. The minimum absolute atomic E-state index is 0.0432. The molecule has 1 atom stereocenters. The maximum absolute atomic E-state index is 5.83. The van der Waals surface area contributed by atoms with Gasteiger partial charge in [0.1, 0.15) is 5.01 Å². The lowest BCUT2D eigenvalue weighted by molar-refractivity contribution is 0.605. The Kier molecular flexibility index (Phi) is 3.07. The van der Waals surface area contributed by atoms with Crippen LogP contribution in [-0.4, -0.2) is 14.5 Å². The van der Waals surface area contributed by atoms with Gasteiger partial charge >= 0.3 is 0 Å². The van der Waals surface area contributed by atoms with Crippen molar-refractivity contribution >= 4 is 11.3 Å². The fourth-order valence-electron chi connectivity index (χ4n) is 1.50. The van der Waals surface area contributed by atoms with Crippen LogP contribution in [0, 0.1) is 0 Å². The predicted octanol–water partition coefficient (Wildman–Crippen LogP) is 2.61. The van der Waals surface area contributed by atoms with Gasteiger partial charge in [-0.25, -0.2) is 9.97 Å². The second kappa shape index (κ2) is 4.35. The molecule has 2 aromatic heterocycles. The summed E-state index contributed by atoms with van der Waals surface area (Å²) in [6, 6.07) is 0.432. The Labute approximate surface area is 99.2 Å². The Hall–Kier alpha value is -1.20. The highest BCUT2D eigenvalue weighted by Crippen LogP contribution is 2.28. The van der Waals surface area contributed by atoms with Gasteiger partial charge in [-0.3, -0.25) is 0 Å². The van der Waals surface area contributed by atoms with E-state index in [-0.39, 0.29) is 6.04 Å². The summed E-state index contributed by atoms with van der Waals surface area (Å²) < 4.78 is 2.11. The van der Waals surface area contributed by atoms with Crippen molar-refractivity contribution in [3.63, 3.8) is 0 Å². The summed E-state index contributed by atoms with van der Waals surface area (Å²) in [4.78, 5) is 9.68. The molecule has 1 unspecified atom stereocenters. The summed E-state index contributed by atoms with van der Waals surface area (Å²) >= 11 is 1.63. The van der Waals surface area contributed by atoms with E-state index in [0.29, 0.717) is 6.04 Å². The maximum atomic E-state index is 5.83. The van der Waals surface area contributed by atoms with Crippen LogP contribution in [0.3, 0.4) is 0 Å². The average molecular weight is 236 g/mol. The van der Waals surface area contributed by atoms with Crippen LogP contribution in [0.25, 0.3) is 10.7 Å². The molecule has 0 amide bonds. The summed E-state index contributed by atoms with van der Waals surface area (Å²) in [5.41, 5.74) is 6.89. The molecule has 2 rings (SSSR count). The Morgan fingerprint density at radius 1 is 1.31 bits per heavy atom. The number of rotatable bonds is 3. The smallest absolute Gasteiger partial charge is 0.141 e. The average Bonchev–Trinajstić information content (AvgIpc) is 2.86. The predicted molar refractivity (Wildman–Crippen MR) is 66.3 cm³/mol. The van der Waals surface area contributed by atoms with Gasteiger partial charge in [-0.05, 0) is 20.8 Å². The van der Waals surface area contributed by atoms with Crippen molar-refractivity contribution in [1.29, 1.82) is 0 Å². The van der Waals surface area contributed by atoms with Crippen LogP contribution in [0.5, 0.6) is 0 Å². The van der Waals surface area contributed by atoms with Crippen LogP contribution in [0.2, 0.25) is 0 Å². The summed E-state index contributed by atoms with van der Waals surface area (Å²) in [6.07, 6.45) is 5.54. The number of hydrogen-bond donors (Lipinski definition) is 1. The van der Waals surface area contributed by atoms with Crippen molar-refractivity contribution in [3.05, 3.63) is 23.6 Å². The molecule has 0 spiro atoms. The quantitative estimate of drug-likeness (QED) is 0.891. The van der Waals surface area contributed by atoms with Gasteiger partial charge in [-0.1, -0.05) is 0 Å². The van der Waals surface area contributed by atoms with E-state index < -0.39 is 0 Å². The number of hydrogen-bond acceptors (Lipinski definition) is 4. The standard InChI is InChI=1S/C11H16N4S/c1-7(2)15-6-13-4-9(15)11-14-5-10(16-11)8(3)12/h4-8H,12H2,1-3H3. The second-order valence-corrected chi connectivity index (χ2v) is 5.20. The zero-order chi connectivity index (χ0) is 11.7. The first kappa shape index (κ1) is 11.3. The molecule has 0 aliphatic heterocycles. The Balaban J connectivity index is 2.39. The molecule has 5 heteroatoms. The third kappa shape index (κ3) is 2.01. The zero-order valence-corrected chi connectivity index (χ0v) is 10.5. The number of thiazole rings is 1. The third-order valence-electron chi connectivity index (χ3n) is 2.41. The second-order valence-electron chi connectivity index (χ2n) is 4.14. The monoisotopic (exact) mass is 236 g/mol. The SMILES string of the molecule is CC(N)c1cnc(-c2cncn2C(C)C)s1. The molecule has 86 valence electrons. The Bertz CT molecular complexity index is 470. The first-order valence-corrected chi connectivity index (χ1v) is 6.14. The van der Waals surface area contributed by atoms with Crippen LogP contribution in [0.15, 0.2) is 18.7 Å². The molecule has 0 aromatic carbocycles. The lowest BCUT2D eigenvalue weighted by atomic mass is 10.3. The minimum atomic E-state index is 0.0432. The van der Waals surface area contributed by atoms with E-state index in [1.807, 2.05) is 25.6 Å². The summed E-state index contributed by atoms with van der Waals surface area (Å²) in [5, 5.41) is 0.985. The Morgan fingerprint density at radius 3 is 2.62 bits per heavy atom. The first-order valence-electron chi connectivity index (χ1n) is 5.33. The van der Waals surface area contributed by atoms with E-state index in [4.69, 9.17) is 5.73 Å². The molecule has 2 aromatic rings. The van der Waals surface area contributed by atoms with Gasteiger partial charge in [-0.15, -0.1) is 11.3 Å².